The summed E-state index contributed by atoms with van der Waals surface area (Å²) in [5.74, 6) is -0.212. The molecule has 0 bridgehead atoms. The van der Waals surface area contributed by atoms with Crippen LogP contribution in [0.1, 0.15) is 24.2 Å². The predicted octanol–water partition coefficient (Wildman–Crippen LogP) is 1.87. The van der Waals surface area contributed by atoms with Crippen LogP contribution in [0.15, 0.2) is 18.2 Å². The Balaban J connectivity index is 2.24. The average molecular weight is 269 g/mol. The summed E-state index contributed by atoms with van der Waals surface area (Å²) in [7, 11) is 0. The first-order valence-electron chi connectivity index (χ1n) is 6.02. The van der Waals surface area contributed by atoms with Crippen LogP contribution in [0.3, 0.4) is 0 Å². The van der Waals surface area contributed by atoms with Gasteiger partial charge in [0.25, 0.3) is 5.91 Å². The van der Waals surface area contributed by atoms with Crippen LogP contribution >= 0.6 is 11.6 Å². The van der Waals surface area contributed by atoms with E-state index in [1.807, 2.05) is 13.8 Å². The second-order valence-corrected chi connectivity index (χ2v) is 5.21. The molecule has 1 aliphatic rings. The first kappa shape index (κ1) is 13.2. The van der Waals surface area contributed by atoms with E-state index < -0.39 is 0 Å². The van der Waals surface area contributed by atoms with Gasteiger partial charge in [0.15, 0.2) is 0 Å². The van der Waals surface area contributed by atoms with Crippen molar-refractivity contribution in [2.24, 2.45) is 0 Å². The number of nitrogens with one attached hydrogen (secondary N) is 1. The summed E-state index contributed by atoms with van der Waals surface area (Å²) in [5, 5.41) is 13.5. The molecule has 1 aliphatic heterocycles. The Morgan fingerprint density at radius 2 is 2.22 bits per heavy atom. The molecule has 1 fully saturated rings. The van der Waals surface area contributed by atoms with Gasteiger partial charge in [-0.3, -0.25) is 4.79 Å². The Kier molecular flexibility index (Phi) is 3.78. The Morgan fingerprint density at radius 1 is 1.50 bits per heavy atom. The maximum Gasteiger partial charge on any atom is 0.257 e. The van der Waals surface area contributed by atoms with E-state index in [0.29, 0.717) is 17.1 Å². The lowest BCUT2D eigenvalue weighted by molar-refractivity contribution is 0.0613. The standard InChI is InChI=1S/C13H17ClN2O2/c1-8-7-16(9(2)6-15-8)13(18)11-4-3-10(14)5-12(11)17/h3-5,8-9,15,17H,6-7H2,1-2H3. The molecular weight excluding hydrogens is 252 g/mol. The zero-order valence-electron chi connectivity index (χ0n) is 10.5. The van der Waals surface area contributed by atoms with Gasteiger partial charge in [-0.25, -0.2) is 0 Å². The van der Waals surface area contributed by atoms with Crippen molar-refractivity contribution in [3.05, 3.63) is 28.8 Å². The predicted molar refractivity (Wildman–Crippen MR) is 71.1 cm³/mol. The first-order chi connectivity index (χ1) is 8.49. The molecule has 0 aliphatic carbocycles. The third kappa shape index (κ3) is 2.60. The van der Waals surface area contributed by atoms with E-state index in [1.54, 1.807) is 17.0 Å². The number of amides is 1. The molecule has 1 saturated heterocycles. The topological polar surface area (TPSA) is 52.6 Å². The molecule has 5 heteroatoms. The number of rotatable bonds is 1. The minimum absolute atomic E-state index is 0.0640. The highest BCUT2D eigenvalue weighted by Crippen LogP contribution is 2.24. The van der Waals surface area contributed by atoms with Crippen LogP contribution < -0.4 is 5.32 Å². The van der Waals surface area contributed by atoms with Gasteiger partial charge in [0, 0.05) is 30.2 Å². The van der Waals surface area contributed by atoms with Crippen LogP contribution in [-0.4, -0.2) is 41.1 Å². The average Bonchev–Trinajstić information content (AvgIpc) is 2.31. The fourth-order valence-electron chi connectivity index (χ4n) is 2.14. The lowest BCUT2D eigenvalue weighted by Crippen LogP contribution is -2.56. The smallest absolute Gasteiger partial charge is 0.257 e. The van der Waals surface area contributed by atoms with E-state index in [2.05, 4.69) is 5.32 Å². The van der Waals surface area contributed by atoms with Gasteiger partial charge in [0.2, 0.25) is 0 Å². The number of piperazine rings is 1. The van der Waals surface area contributed by atoms with Crippen molar-refractivity contribution in [2.45, 2.75) is 25.9 Å². The normalized spacial score (nSPS) is 24.1. The van der Waals surface area contributed by atoms with Gasteiger partial charge in [-0.15, -0.1) is 0 Å². The molecule has 0 spiro atoms. The van der Waals surface area contributed by atoms with Gasteiger partial charge in [-0.05, 0) is 32.0 Å². The molecule has 1 amide bonds. The van der Waals surface area contributed by atoms with E-state index in [1.165, 1.54) is 6.07 Å². The second kappa shape index (κ2) is 5.16. The van der Waals surface area contributed by atoms with Crippen molar-refractivity contribution in [3.63, 3.8) is 0 Å². The Morgan fingerprint density at radius 3 is 2.89 bits per heavy atom. The number of hydrogen-bond acceptors (Lipinski definition) is 3. The Hall–Kier alpha value is -1.26. The van der Waals surface area contributed by atoms with Crippen LogP contribution in [0.5, 0.6) is 5.75 Å². The van der Waals surface area contributed by atoms with Gasteiger partial charge in [0.05, 0.1) is 5.56 Å². The number of benzene rings is 1. The van der Waals surface area contributed by atoms with Crippen molar-refractivity contribution >= 4 is 17.5 Å². The molecule has 1 aromatic carbocycles. The molecule has 18 heavy (non-hydrogen) atoms. The number of phenols is 1. The van der Waals surface area contributed by atoms with Gasteiger partial charge >= 0.3 is 0 Å². The lowest BCUT2D eigenvalue weighted by Gasteiger charge is -2.37. The molecule has 0 aromatic heterocycles. The highest BCUT2D eigenvalue weighted by Gasteiger charge is 2.28. The number of nitrogens with zero attached hydrogens (tertiary/aromatic N) is 1. The van der Waals surface area contributed by atoms with Crippen LogP contribution in [0.4, 0.5) is 0 Å². The van der Waals surface area contributed by atoms with E-state index in [-0.39, 0.29) is 23.7 Å². The molecule has 98 valence electrons. The number of carbonyl (C=O) groups is 1. The highest BCUT2D eigenvalue weighted by molar-refractivity contribution is 6.30. The van der Waals surface area contributed by atoms with Gasteiger partial charge in [0.1, 0.15) is 5.75 Å². The maximum absolute atomic E-state index is 12.4. The number of hydrogen-bond donors (Lipinski definition) is 2. The van der Waals surface area contributed by atoms with E-state index in [9.17, 15) is 9.90 Å². The van der Waals surface area contributed by atoms with Crippen molar-refractivity contribution in [2.75, 3.05) is 13.1 Å². The minimum atomic E-state index is -0.148. The molecule has 4 nitrogen and oxygen atoms in total. The summed E-state index contributed by atoms with van der Waals surface area (Å²) in [6.45, 7) is 5.43. The molecule has 1 heterocycles. The van der Waals surface area contributed by atoms with Crippen LogP contribution in [-0.2, 0) is 0 Å². The third-order valence-corrected chi connectivity index (χ3v) is 3.45. The minimum Gasteiger partial charge on any atom is -0.507 e. The number of halogens is 1. The SMILES string of the molecule is CC1CN(C(=O)c2ccc(Cl)cc2O)C(C)CN1. The molecule has 1 aromatic rings. The van der Waals surface area contributed by atoms with Crippen LogP contribution in [0.2, 0.25) is 5.02 Å². The second-order valence-electron chi connectivity index (χ2n) is 4.78. The highest BCUT2D eigenvalue weighted by atomic mass is 35.5. The fourth-order valence-corrected chi connectivity index (χ4v) is 2.31. The summed E-state index contributed by atoms with van der Waals surface area (Å²) in [6.07, 6.45) is 0. The Bertz CT molecular complexity index is 464. The number of phenolic OH excluding ortho intramolecular Hbond substituents is 1. The van der Waals surface area contributed by atoms with E-state index in [4.69, 9.17) is 11.6 Å². The largest absolute Gasteiger partial charge is 0.507 e. The molecule has 2 atom stereocenters. The van der Waals surface area contributed by atoms with E-state index >= 15 is 0 Å². The zero-order chi connectivity index (χ0) is 13.3. The number of aromatic hydroxyl groups is 1. The molecule has 0 saturated carbocycles. The molecule has 2 unspecified atom stereocenters. The van der Waals surface area contributed by atoms with Crippen LogP contribution in [0.25, 0.3) is 0 Å². The third-order valence-electron chi connectivity index (χ3n) is 3.22. The van der Waals surface area contributed by atoms with Crippen LogP contribution in [0, 0.1) is 0 Å². The summed E-state index contributed by atoms with van der Waals surface area (Å²) < 4.78 is 0. The maximum atomic E-state index is 12.4. The lowest BCUT2D eigenvalue weighted by atomic mass is 10.1. The van der Waals surface area contributed by atoms with Gasteiger partial charge in [-0.1, -0.05) is 11.6 Å². The van der Waals surface area contributed by atoms with Gasteiger partial charge < -0.3 is 15.3 Å². The van der Waals surface area contributed by atoms with Crippen molar-refractivity contribution in [1.82, 2.24) is 10.2 Å². The van der Waals surface area contributed by atoms with E-state index in [0.717, 1.165) is 6.54 Å². The summed E-state index contributed by atoms with van der Waals surface area (Å²) >= 11 is 5.76. The quantitative estimate of drug-likeness (QED) is 0.818. The molecule has 2 rings (SSSR count). The first-order valence-corrected chi connectivity index (χ1v) is 6.39. The molecular formula is C13H17ClN2O2. The molecule has 2 N–H and O–H groups in total. The summed E-state index contributed by atoms with van der Waals surface area (Å²) in [4.78, 5) is 14.2. The summed E-state index contributed by atoms with van der Waals surface area (Å²) in [6, 6.07) is 4.96. The monoisotopic (exact) mass is 268 g/mol. The Labute approximate surface area is 112 Å². The van der Waals surface area contributed by atoms with Crippen molar-refractivity contribution in [1.29, 1.82) is 0 Å². The summed E-state index contributed by atoms with van der Waals surface area (Å²) in [5.41, 5.74) is 0.306. The van der Waals surface area contributed by atoms with Gasteiger partial charge in [-0.2, -0.15) is 0 Å². The fraction of sp³-hybridized carbons (Fsp3) is 0.462. The van der Waals surface area contributed by atoms with Crippen molar-refractivity contribution in [3.8, 4) is 5.75 Å². The van der Waals surface area contributed by atoms with Crippen molar-refractivity contribution < 1.29 is 9.90 Å². The number of carbonyl (C=O) groups excluding carboxylic acids is 1. The zero-order valence-corrected chi connectivity index (χ0v) is 11.2. The molecule has 0 radical (unpaired) electrons.